The first-order valence-electron chi connectivity index (χ1n) is 9.78. The molecule has 29 heavy (non-hydrogen) atoms. The van der Waals surface area contributed by atoms with Crippen LogP contribution in [0.15, 0.2) is 36.5 Å². The summed E-state index contributed by atoms with van der Waals surface area (Å²) in [7, 11) is 1.66. The van der Waals surface area contributed by atoms with Crippen LogP contribution >= 0.6 is 11.3 Å². The fourth-order valence-corrected chi connectivity index (χ4v) is 4.62. The van der Waals surface area contributed by atoms with Crippen molar-refractivity contribution in [2.75, 3.05) is 38.7 Å². The van der Waals surface area contributed by atoms with Gasteiger partial charge in [0, 0.05) is 31.3 Å². The van der Waals surface area contributed by atoms with Crippen LogP contribution in [0.5, 0.6) is 0 Å². The zero-order valence-electron chi connectivity index (χ0n) is 16.3. The number of thiazole rings is 1. The van der Waals surface area contributed by atoms with E-state index in [9.17, 15) is 4.39 Å². The lowest BCUT2D eigenvalue weighted by Gasteiger charge is -2.20. The third-order valence-electron chi connectivity index (χ3n) is 4.93. The molecule has 1 aliphatic rings. The fourth-order valence-electron chi connectivity index (χ4n) is 3.39. The van der Waals surface area contributed by atoms with Crippen LogP contribution in [0.2, 0.25) is 0 Å². The van der Waals surface area contributed by atoms with E-state index in [2.05, 4.69) is 20.6 Å². The van der Waals surface area contributed by atoms with Crippen LogP contribution in [0, 0.1) is 5.82 Å². The second kappa shape index (κ2) is 9.39. The molecule has 6 nitrogen and oxygen atoms in total. The zero-order valence-corrected chi connectivity index (χ0v) is 17.1. The van der Waals surface area contributed by atoms with Crippen LogP contribution in [0.25, 0.3) is 21.8 Å². The van der Waals surface area contributed by atoms with E-state index in [1.54, 1.807) is 36.8 Å². The van der Waals surface area contributed by atoms with Gasteiger partial charge in [0.05, 0.1) is 27.9 Å². The van der Waals surface area contributed by atoms with Gasteiger partial charge in [0.25, 0.3) is 0 Å². The quantitative estimate of drug-likeness (QED) is 0.572. The van der Waals surface area contributed by atoms with Crippen molar-refractivity contribution in [3.8, 4) is 21.8 Å². The summed E-state index contributed by atoms with van der Waals surface area (Å²) in [6.45, 7) is 3.22. The lowest BCUT2D eigenvalue weighted by atomic mass is 9.99. The van der Waals surface area contributed by atoms with E-state index in [-0.39, 0.29) is 5.82 Å². The number of aromatic nitrogens is 3. The van der Waals surface area contributed by atoms with Crippen molar-refractivity contribution in [3.63, 3.8) is 0 Å². The van der Waals surface area contributed by atoms with Gasteiger partial charge in [-0.15, -0.1) is 11.3 Å². The highest BCUT2D eigenvalue weighted by atomic mass is 32.1. The summed E-state index contributed by atoms with van der Waals surface area (Å²) in [5.41, 5.74) is 2.56. The first-order chi connectivity index (χ1) is 14.2. The van der Waals surface area contributed by atoms with Crippen molar-refractivity contribution < 1.29 is 9.13 Å². The molecule has 3 aromatic rings. The van der Waals surface area contributed by atoms with Gasteiger partial charge >= 0.3 is 0 Å². The fraction of sp³-hybridized carbons (Fsp3) is 0.381. The molecule has 2 aromatic heterocycles. The van der Waals surface area contributed by atoms with Crippen LogP contribution in [-0.4, -0.2) is 48.3 Å². The Morgan fingerprint density at radius 2 is 1.97 bits per heavy atom. The normalized spacial score (nSPS) is 14.8. The highest BCUT2D eigenvalue weighted by Crippen LogP contribution is 2.40. The molecule has 0 saturated carbocycles. The lowest BCUT2D eigenvalue weighted by Crippen LogP contribution is -2.26. The Kier molecular flexibility index (Phi) is 6.43. The molecule has 2 N–H and O–H groups in total. The minimum Gasteiger partial charge on any atom is -0.383 e. The van der Waals surface area contributed by atoms with E-state index in [1.807, 2.05) is 6.07 Å². The van der Waals surface area contributed by atoms with Crippen LogP contribution in [-0.2, 0) is 4.74 Å². The largest absolute Gasteiger partial charge is 0.383 e. The molecule has 1 aromatic carbocycles. The number of hydrogen-bond donors (Lipinski definition) is 2. The Balaban J connectivity index is 1.71. The Morgan fingerprint density at radius 1 is 1.17 bits per heavy atom. The van der Waals surface area contributed by atoms with Crippen LogP contribution in [0.4, 0.5) is 10.3 Å². The van der Waals surface area contributed by atoms with E-state index >= 15 is 0 Å². The predicted molar refractivity (Wildman–Crippen MR) is 114 cm³/mol. The van der Waals surface area contributed by atoms with E-state index in [1.165, 1.54) is 12.1 Å². The molecule has 8 heteroatoms. The van der Waals surface area contributed by atoms with E-state index in [4.69, 9.17) is 9.72 Å². The van der Waals surface area contributed by atoms with E-state index < -0.39 is 0 Å². The van der Waals surface area contributed by atoms with Crippen molar-refractivity contribution in [1.82, 2.24) is 20.3 Å². The van der Waals surface area contributed by atoms with Crippen LogP contribution in [0.3, 0.4) is 0 Å². The van der Waals surface area contributed by atoms with E-state index in [0.29, 0.717) is 25.0 Å². The van der Waals surface area contributed by atoms with Gasteiger partial charge in [-0.05, 0) is 56.3 Å². The van der Waals surface area contributed by atoms with Crippen LogP contribution in [0.1, 0.15) is 23.8 Å². The SMILES string of the molecule is COCCNc1nccc(-c2sc(C3CCNCC3)nc2-c2ccc(F)cc2)n1. The van der Waals surface area contributed by atoms with Gasteiger partial charge in [-0.1, -0.05) is 0 Å². The smallest absolute Gasteiger partial charge is 0.223 e. The number of rotatable bonds is 7. The molecule has 0 bridgehead atoms. The van der Waals surface area contributed by atoms with Gasteiger partial charge in [-0.2, -0.15) is 0 Å². The highest BCUT2D eigenvalue weighted by Gasteiger charge is 2.23. The molecule has 0 atom stereocenters. The maximum Gasteiger partial charge on any atom is 0.223 e. The summed E-state index contributed by atoms with van der Waals surface area (Å²) in [6, 6.07) is 8.40. The molecular formula is C21H24FN5OS. The Bertz CT molecular complexity index is 940. The summed E-state index contributed by atoms with van der Waals surface area (Å²) in [5.74, 6) is 0.743. The molecule has 3 heterocycles. The zero-order chi connectivity index (χ0) is 20.1. The summed E-state index contributed by atoms with van der Waals surface area (Å²) >= 11 is 1.68. The molecule has 0 aliphatic carbocycles. The summed E-state index contributed by atoms with van der Waals surface area (Å²) in [4.78, 5) is 15.0. The van der Waals surface area contributed by atoms with Gasteiger partial charge < -0.3 is 15.4 Å². The van der Waals surface area contributed by atoms with E-state index in [0.717, 1.165) is 52.8 Å². The van der Waals surface area contributed by atoms with Crippen molar-refractivity contribution in [1.29, 1.82) is 0 Å². The number of ether oxygens (including phenoxy) is 1. The van der Waals surface area contributed by atoms with Crippen molar-refractivity contribution in [2.24, 2.45) is 0 Å². The molecule has 1 saturated heterocycles. The monoisotopic (exact) mass is 413 g/mol. The number of benzene rings is 1. The molecule has 4 rings (SSSR count). The minimum atomic E-state index is -0.254. The van der Waals surface area contributed by atoms with Gasteiger partial charge in [-0.25, -0.2) is 19.3 Å². The number of methoxy groups -OCH3 is 1. The average Bonchev–Trinajstić information content (AvgIpc) is 3.21. The number of piperidine rings is 1. The Labute approximate surface area is 173 Å². The maximum absolute atomic E-state index is 13.5. The highest BCUT2D eigenvalue weighted by molar-refractivity contribution is 7.15. The third-order valence-corrected chi connectivity index (χ3v) is 6.17. The molecule has 0 spiro atoms. The van der Waals surface area contributed by atoms with Gasteiger partial charge in [0.2, 0.25) is 5.95 Å². The number of anilines is 1. The third kappa shape index (κ3) is 4.77. The van der Waals surface area contributed by atoms with Crippen molar-refractivity contribution in [3.05, 3.63) is 47.4 Å². The number of hydrogen-bond acceptors (Lipinski definition) is 7. The van der Waals surface area contributed by atoms with Gasteiger partial charge in [0.1, 0.15) is 5.82 Å². The molecule has 0 radical (unpaired) electrons. The standard InChI is InChI=1S/C21H24FN5OS/c1-28-13-12-25-21-24-11-8-17(26-21)19-18(14-2-4-16(22)5-3-14)27-20(29-19)15-6-9-23-10-7-15/h2-5,8,11,15,23H,6-7,9-10,12-13H2,1H3,(H,24,25,26). The van der Waals surface area contributed by atoms with Crippen molar-refractivity contribution in [2.45, 2.75) is 18.8 Å². The Hall–Kier alpha value is -2.42. The topological polar surface area (TPSA) is 72.0 Å². The predicted octanol–water partition coefficient (Wildman–Crippen LogP) is 3.93. The summed E-state index contributed by atoms with van der Waals surface area (Å²) in [5, 5.41) is 7.69. The molecule has 1 fully saturated rings. The van der Waals surface area contributed by atoms with Gasteiger partial charge in [0.15, 0.2) is 0 Å². The first kappa shape index (κ1) is 19.9. The Morgan fingerprint density at radius 3 is 2.72 bits per heavy atom. The second-order valence-corrected chi connectivity index (χ2v) is 7.98. The number of halogens is 1. The first-order valence-corrected chi connectivity index (χ1v) is 10.6. The van der Waals surface area contributed by atoms with Gasteiger partial charge in [-0.3, -0.25) is 0 Å². The molecule has 152 valence electrons. The van der Waals surface area contributed by atoms with Crippen LogP contribution < -0.4 is 10.6 Å². The molecule has 0 unspecified atom stereocenters. The second-order valence-electron chi connectivity index (χ2n) is 6.95. The average molecular weight is 414 g/mol. The molecule has 0 amide bonds. The van der Waals surface area contributed by atoms with Crippen molar-refractivity contribution >= 4 is 17.3 Å². The number of nitrogens with one attached hydrogen (secondary N) is 2. The molecular weight excluding hydrogens is 389 g/mol. The summed E-state index contributed by atoms with van der Waals surface area (Å²) < 4.78 is 18.5. The summed E-state index contributed by atoms with van der Waals surface area (Å²) in [6.07, 6.45) is 3.89. The maximum atomic E-state index is 13.5. The lowest BCUT2D eigenvalue weighted by molar-refractivity contribution is 0.210. The molecule has 1 aliphatic heterocycles. The number of nitrogens with zero attached hydrogens (tertiary/aromatic N) is 3. The minimum absolute atomic E-state index is 0.254.